The maximum atomic E-state index is 12.5. The number of rotatable bonds is 8. The molecular formula is C21H24N4O5S. The molecule has 0 aliphatic rings. The summed E-state index contributed by atoms with van der Waals surface area (Å²) < 4.78 is 5.33. The Morgan fingerprint density at radius 3 is 2.58 bits per heavy atom. The van der Waals surface area contributed by atoms with E-state index in [-0.39, 0.29) is 27.8 Å². The fourth-order valence-electron chi connectivity index (χ4n) is 2.82. The quantitative estimate of drug-likeness (QED) is 0.317. The summed E-state index contributed by atoms with van der Waals surface area (Å²) in [5.74, 6) is -0.236. The largest absolute Gasteiger partial charge is 0.494 e. The molecule has 2 amide bonds. The van der Waals surface area contributed by atoms with Crippen LogP contribution in [0.4, 0.5) is 17.1 Å². The van der Waals surface area contributed by atoms with Crippen molar-refractivity contribution >= 4 is 46.2 Å². The molecule has 2 rings (SSSR count). The van der Waals surface area contributed by atoms with Gasteiger partial charge in [-0.25, -0.2) is 0 Å². The zero-order valence-electron chi connectivity index (χ0n) is 17.5. The smallest absolute Gasteiger partial charge is 0.273 e. The molecule has 9 nitrogen and oxygen atoms in total. The number of carbonyl (C=O) groups is 2. The van der Waals surface area contributed by atoms with E-state index < -0.39 is 10.8 Å². The second-order valence-electron chi connectivity index (χ2n) is 6.68. The number of carbonyl (C=O) groups excluding carboxylic acids is 2. The molecule has 0 aromatic heterocycles. The first-order chi connectivity index (χ1) is 14.8. The van der Waals surface area contributed by atoms with Crippen LogP contribution in [-0.2, 0) is 4.79 Å². The van der Waals surface area contributed by atoms with E-state index in [1.807, 2.05) is 6.92 Å². The first kappa shape index (κ1) is 23.7. The number of thiocarbonyl (C=S) groups is 1. The Hall–Kier alpha value is -3.53. The molecule has 0 aliphatic carbocycles. The Balaban J connectivity index is 2.07. The third-order valence-electron chi connectivity index (χ3n) is 4.46. The van der Waals surface area contributed by atoms with Crippen LogP contribution >= 0.6 is 12.2 Å². The summed E-state index contributed by atoms with van der Waals surface area (Å²) in [6.45, 7) is 3.51. The van der Waals surface area contributed by atoms with Crippen molar-refractivity contribution in [2.75, 3.05) is 17.7 Å². The molecule has 31 heavy (non-hydrogen) atoms. The van der Waals surface area contributed by atoms with Crippen LogP contribution in [-0.4, -0.2) is 29.0 Å². The van der Waals surface area contributed by atoms with Crippen molar-refractivity contribution in [1.82, 2.24) is 5.32 Å². The highest BCUT2D eigenvalue weighted by atomic mass is 32.1. The number of unbranched alkanes of at least 4 members (excludes halogenated alkanes) is 1. The SMILES string of the molecule is CCCCC(=O)Nc1ccc(NC(=S)NC(=O)c2cccc([N+](=O)[O-])c2C)cc1OC. The number of anilines is 2. The molecule has 0 saturated heterocycles. The van der Waals surface area contributed by atoms with Crippen LogP contribution in [0.1, 0.15) is 42.1 Å². The van der Waals surface area contributed by atoms with Gasteiger partial charge in [-0.05, 0) is 43.8 Å². The van der Waals surface area contributed by atoms with Crippen LogP contribution < -0.4 is 20.7 Å². The van der Waals surface area contributed by atoms with Gasteiger partial charge in [0, 0.05) is 35.4 Å². The zero-order valence-corrected chi connectivity index (χ0v) is 18.3. The summed E-state index contributed by atoms with van der Waals surface area (Å²) in [6.07, 6.45) is 2.14. The van der Waals surface area contributed by atoms with Gasteiger partial charge in [0.25, 0.3) is 11.6 Å². The number of hydrogen-bond donors (Lipinski definition) is 3. The highest BCUT2D eigenvalue weighted by molar-refractivity contribution is 7.80. The molecule has 10 heteroatoms. The zero-order chi connectivity index (χ0) is 23.0. The molecule has 2 aromatic carbocycles. The van der Waals surface area contributed by atoms with E-state index in [4.69, 9.17) is 17.0 Å². The first-order valence-electron chi connectivity index (χ1n) is 9.61. The van der Waals surface area contributed by atoms with Crippen molar-refractivity contribution in [3.63, 3.8) is 0 Å². The van der Waals surface area contributed by atoms with Gasteiger partial charge in [0.15, 0.2) is 5.11 Å². The van der Waals surface area contributed by atoms with Crippen LogP contribution in [0, 0.1) is 17.0 Å². The monoisotopic (exact) mass is 444 g/mol. The third-order valence-corrected chi connectivity index (χ3v) is 4.67. The second kappa shape index (κ2) is 11.0. The lowest BCUT2D eigenvalue weighted by Gasteiger charge is -2.14. The molecule has 0 heterocycles. The number of hydrogen-bond acceptors (Lipinski definition) is 6. The molecule has 0 atom stereocenters. The molecule has 0 saturated carbocycles. The Morgan fingerprint density at radius 1 is 1.19 bits per heavy atom. The van der Waals surface area contributed by atoms with Gasteiger partial charge in [-0.2, -0.15) is 0 Å². The van der Waals surface area contributed by atoms with E-state index in [1.54, 1.807) is 18.2 Å². The number of nitro benzene ring substituents is 1. The van der Waals surface area contributed by atoms with Crippen molar-refractivity contribution in [3.8, 4) is 5.75 Å². The van der Waals surface area contributed by atoms with Gasteiger partial charge in [0.1, 0.15) is 5.75 Å². The third kappa shape index (κ3) is 6.48. The molecule has 164 valence electrons. The number of ether oxygens (including phenoxy) is 1. The fourth-order valence-corrected chi connectivity index (χ4v) is 3.03. The minimum absolute atomic E-state index is 0.0118. The fraction of sp³-hybridized carbons (Fsp3) is 0.286. The normalized spacial score (nSPS) is 10.2. The van der Waals surface area contributed by atoms with Crippen molar-refractivity contribution in [2.24, 2.45) is 0 Å². The van der Waals surface area contributed by atoms with Gasteiger partial charge in [0.2, 0.25) is 5.91 Å². The molecule has 0 bridgehead atoms. The highest BCUT2D eigenvalue weighted by Gasteiger charge is 2.18. The number of benzene rings is 2. The van der Waals surface area contributed by atoms with Gasteiger partial charge in [-0.15, -0.1) is 0 Å². The lowest BCUT2D eigenvalue weighted by Crippen LogP contribution is -2.34. The van der Waals surface area contributed by atoms with Crippen molar-refractivity contribution < 1.29 is 19.2 Å². The van der Waals surface area contributed by atoms with Crippen molar-refractivity contribution in [1.29, 1.82) is 0 Å². The average molecular weight is 445 g/mol. The number of nitro groups is 1. The molecular weight excluding hydrogens is 420 g/mol. The maximum Gasteiger partial charge on any atom is 0.273 e. The molecule has 3 N–H and O–H groups in total. The lowest BCUT2D eigenvalue weighted by atomic mass is 10.1. The summed E-state index contributed by atoms with van der Waals surface area (Å²) in [5, 5.41) is 19.2. The van der Waals surface area contributed by atoms with Crippen molar-refractivity contribution in [2.45, 2.75) is 33.1 Å². The number of methoxy groups -OCH3 is 1. The van der Waals surface area contributed by atoms with Gasteiger partial charge in [-0.3, -0.25) is 25.0 Å². The Morgan fingerprint density at radius 2 is 1.94 bits per heavy atom. The summed E-state index contributed by atoms with van der Waals surface area (Å²) in [4.78, 5) is 35.0. The Kier molecular flexibility index (Phi) is 8.44. The molecule has 2 aromatic rings. The van der Waals surface area contributed by atoms with Gasteiger partial charge in [-0.1, -0.05) is 19.4 Å². The number of nitrogens with one attached hydrogen (secondary N) is 3. The summed E-state index contributed by atoms with van der Waals surface area (Å²) in [7, 11) is 1.48. The molecule has 0 unspecified atom stereocenters. The molecule has 0 spiro atoms. The van der Waals surface area contributed by atoms with E-state index in [9.17, 15) is 19.7 Å². The maximum absolute atomic E-state index is 12.5. The Bertz CT molecular complexity index is 1010. The summed E-state index contributed by atoms with van der Waals surface area (Å²) in [5.41, 5.74) is 1.31. The summed E-state index contributed by atoms with van der Waals surface area (Å²) >= 11 is 5.18. The highest BCUT2D eigenvalue weighted by Crippen LogP contribution is 2.28. The van der Waals surface area contributed by atoms with Crippen LogP contribution in [0.15, 0.2) is 36.4 Å². The second-order valence-corrected chi connectivity index (χ2v) is 7.09. The van der Waals surface area contributed by atoms with Crippen LogP contribution in [0.3, 0.4) is 0 Å². The van der Waals surface area contributed by atoms with Gasteiger partial charge >= 0.3 is 0 Å². The molecule has 0 radical (unpaired) electrons. The standard InChI is InChI=1S/C21H24N4O5S/c1-4-5-9-19(26)23-16-11-10-14(12-18(16)30-3)22-21(31)24-20(27)15-7-6-8-17(13(15)2)25(28)29/h6-8,10-12H,4-5,9H2,1-3H3,(H,23,26)(H2,22,24,27,31). The first-order valence-corrected chi connectivity index (χ1v) is 10.0. The average Bonchev–Trinajstić information content (AvgIpc) is 2.73. The van der Waals surface area contributed by atoms with E-state index in [0.29, 0.717) is 23.5 Å². The van der Waals surface area contributed by atoms with E-state index in [1.165, 1.54) is 32.2 Å². The van der Waals surface area contributed by atoms with Gasteiger partial charge < -0.3 is 15.4 Å². The number of amides is 2. The van der Waals surface area contributed by atoms with Crippen LogP contribution in [0.2, 0.25) is 0 Å². The predicted octanol–water partition coefficient (Wildman–Crippen LogP) is 4.17. The van der Waals surface area contributed by atoms with Crippen LogP contribution in [0.5, 0.6) is 5.75 Å². The minimum atomic E-state index is -0.564. The Labute approximate surface area is 185 Å². The van der Waals surface area contributed by atoms with Gasteiger partial charge in [0.05, 0.1) is 17.7 Å². The predicted molar refractivity (Wildman–Crippen MR) is 123 cm³/mol. The van der Waals surface area contributed by atoms with E-state index in [2.05, 4.69) is 16.0 Å². The molecule has 0 fully saturated rings. The van der Waals surface area contributed by atoms with Crippen LogP contribution in [0.25, 0.3) is 0 Å². The van der Waals surface area contributed by atoms with Crippen molar-refractivity contribution in [3.05, 3.63) is 57.6 Å². The summed E-state index contributed by atoms with van der Waals surface area (Å²) in [6, 6.07) is 9.23. The lowest BCUT2D eigenvalue weighted by molar-refractivity contribution is -0.385. The van der Waals surface area contributed by atoms with E-state index >= 15 is 0 Å². The minimum Gasteiger partial charge on any atom is -0.494 e. The number of nitrogens with zero attached hydrogens (tertiary/aromatic N) is 1. The topological polar surface area (TPSA) is 123 Å². The van der Waals surface area contributed by atoms with E-state index in [0.717, 1.165) is 12.8 Å². The molecule has 0 aliphatic heterocycles.